The fourth-order valence-corrected chi connectivity index (χ4v) is 3.27. The molecule has 168 valence electrons. The van der Waals surface area contributed by atoms with Crippen LogP contribution in [0.3, 0.4) is 0 Å². The lowest BCUT2D eigenvalue weighted by atomic mass is 10.0. The Kier molecular flexibility index (Phi) is 6.69. The van der Waals surface area contributed by atoms with E-state index >= 15 is 0 Å². The number of phenols is 1. The SMILES string of the molecule is O=C(c1ccccc1)c1cc(O)cc(OCc2ccccc2)c1/N=N\c1ccccc1[N+](=O)[O-]. The molecule has 4 rings (SSSR count). The van der Waals surface area contributed by atoms with E-state index in [4.69, 9.17) is 4.74 Å². The first-order valence-electron chi connectivity index (χ1n) is 10.3. The molecule has 0 amide bonds. The summed E-state index contributed by atoms with van der Waals surface area (Å²) in [5.74, 6) is -0.477. The third-order valence-electron chi connectivity index (χ3n) is 4.91. The normalized spacial score (nSPS) is 10.8. The van der Waals surface area contributed by atoms with Crippen molar-refractivity contribution in [1.29, 1.82) is 0 Å². The average Bonchev–Trinajstić information content (AvgIpc) is 2.87. The van der Waals surface area contributed by atoms with Gasteiger partial charge in [-0.15, -0.1) is 10.2 Å². The molecule has 8 nitrogen and oxygen atoms in total. The summed E-state index contributed by atoms with van der Waals surface area (Å²) in [6.45, 7) is 0.150. The lowest BCUT2D eigenvalue weighted by molar-refractivity contribution is -0.384. The first-order valence-corrected chi connectivity index (χ1v) is 10.3. The van der Waals surface area contributed by atoms with E-state index in [2.05, 4.69) is 10.2 Å². The first kappa shape index (κ1) is 22.3. The second kappa shape index (κ2) is 10.2. The predicted molar refractivity (Wildman–Crippen MR) is 126 cm³/mol. The van der Waals surface area contributed by atoms with Crippen LogP contribution in [-0.4, -0.2) is 15.8 Å². The lowest BCUT2D eigenvalue weighted by Gasteiger charge is -2.13. The van der Waals surface area contributed by atoms with Crippen LogP contribution in [0.2, 0.25) is 0 Å². The van der Waals surface area contributed by atoms with Crippen molar-refractivity contribution < 1.29 is 19.6 Å². The van der Waals surface area contributed by atoms with Crippen LogP contribution < -0.4 is 4.74 Å². The zero-order valence-electron chi connectivity index (χ0n) is 17.9. The summed E-state index contributed by atoms with van der Waals surface area (Å²) in [6, 6.07) is 26.3. The van der Waals surface area contributed by atoms with Gasteiger partial charge in [0.15, 0.2) is 17.2 Å². The van der Waals surface area contributed by atoms with E-state index in [0.717, 1.165) is 5.56 Å². The molecule has 0 spiro atoms. The number of ketones is 1. The minimum Gasteiger partial charge on any atom is -0.508 e. The highest BCUT2D eigenvalue weighted by atomic mass is 16.6. The van der Waals surface area contributed by atoms with Crippen LogP contribution in [0.5, 0.6) is 11.5 Å². The van der Waals surface area contributed by atoms with Gasteiger partial charge in [-0.1, -0.05) is 72.8 Å². The molecule has 4 aromatic carbocycles. The van der Waals surface area contributed by atoms with Crippen molar-refractivity contribution in [3.05, 3.63) is 124 Å². The minimum atomic E-state index is -0.561. The topological polar surface area (TPSA) is 114 Å². The van der Waals surface area contributed by atoms with Crippen molar-refractivity contribution in [2.45, 2.75) is 6.61 Å². The number of hydrogen-bond donors (Lipinski definition) is 1. The summed E-state index contributed by atoms with van der Waals surface area (Å²) in [5, 5.41) is 29.9. The lowest BCUT2D eigenvalue weighted by Crippen LogP contribution is -2.03. The van der Waals surface area contributed by atoms with Gasteiger partial charge in [0.2, 0.25) is 0 Å². The number of aromatic hydroxyl groups is 1. The molecule has 0 aromatic heterocycles. The van der Waals surface area contributed by atoms with Gasteiger partial charge in [-0.05, 0) is 17.7 Å². The van der Waals surface area contributed by atoms with Gasteiger partial charge in [-0.2, -0.15) is 0 Å². The van der Waals surface area contributed by atoms with Gasteiger partial charge in [-0.25, -0.2) is 0 Å². The monoisotopic (exact) mass is 453 g/mol. The predicted octanol–water partition coefficient (Wildman–Crippen LogP) is 6.53. The van der Waals surface area contributed by atoms with Gasteiger partial charge in [0, 0.05) is 17.7 Å². The van der Waals surface area contributed by atoms with E-state index < -0.39 is 10.7 Å². The Bertz CT molecular complexity index is 1360. The Morgan fingerprint density at radius 2 is 1.53 bits per heavy atom. The summed E-state index contributed by atoms with van der Waals surface area (Å²) >= 11 is 0. The van der Waals surface area contributed by atoms with Crippen molar-refractivity contribution in [1.82, 2.24) is 0 Å². The molecular formula is C26H19N3O5. The Morgan fingerprint density at radius 3 is 2.24 bits per heavy atom. The molecule has 0 atom stereocenters. The number of para-hydroxylation sites is 1. The van der Waals surface area contributed by atoms with E-state index in [-0.39, 0.29) is 40.7 Å². The maximum absolute atomic E-state index is 13.3. The first-order chi connectivity index (χ1) is 16.5. The van der Waals surface area contributed by atoms with Crippen molar-refractivity contribution in [2.24, 2.45) is 10.2 Å². The molecule has 0 saturated heterocycles. The van der Waals surface area contributed by atoms with Crippen molar-refractivity contribution in [2.75, 3.05) is 0 Å². The smallest absolute Gasteiger partial charge is 0.296 e. The Hall–Kier alpha value is -4.85. The third kappa shape index (κ3) is 5.13. The number of carbonyl (C=O) groups excluding carboxylic acids is 1. The number of azo groups is 1. The van der Waals surface area contributed by atoms with Gasteiger partial charge < -0.3 is 9.84 Å². The fraction of sp³-hybridized carbons (Fsp3) is 0.0385. The molecule has 0 bridgehead atoms. The second-order valence-electron chi connectivity index (χ2n) is 7.26. The maximum atomic E-state index is 13.3. The number of nitro groups is 1. The highest BCUT2D eigenvalue weighted by Crippen LogP contribution is 2.39. The highest BCUT2D eigenvalue weighted by Gasteiger charge is 2.21. The van der Waals surface area contributed by atoms with Crippen LogP contribution in [0.1, 0.15) is 21.5 Å². The summed E-state index contributed by atoms with van der Waals surface area (Å²) in [5.41, 5.74) is 1.14. The van der Waals surface area contributed by atoms with Gasteiger partial charge in [-0.3, -0.25) is 14.9 Å². The molecule has 4 aromatic rings. The van der Waals surface area contributed by atoms with Crippen LogP contribution in [0, 0.1) is 10.1 Å². The molecule has 0 aliphatic carbocycles. The molecule has 0 saturated carbocycles. The van der Waals surface area contributed by atoms with E-state index in [1.165, 1.54) is 30.3 Å². The zero-order valence-corrected chi connectivity index (χ0v) is 17.9. The fourth-order valence-electron chi connectivity index (χ4n) is 3.27. The molecule has 0 radical (unpaired) electrons. The van der Waals surface area contributed by atoms with Crippen LogP contribution >= 0.6 is 0 Å². The van der Waals surface area contributed by atoms with E-state index in [9.17, 15) is 20.0 Å². The standard InChI is InChI=1S/C26H19N3O5/c30-20-15-21(26(31)19-11-5-2-6-12-19)25(24(16-20)34-17-18-9-3-1-4-10-18)28-27-22-13-7-8-14-23(22)29(32)33/h1-16,30H,17H2/b28-27-. The van der Waals surface area contributed by atoms with Gasteiger partial charge in [0.25, 0.3) is 5.69 Å². The molecule has 0 unspecified atom stereocenters. The molecular weight excluding hydrogens is 434 g/mol. The number of benzene rings is 4. The molecule has 0 aliphatic heterocycles. The van der Waals surface area contributed by atoms with Crippen molar-refractivity contribution in [3.8, 4) is 11.5 Å². The summed E-state index contributed by atoms with van der Waals surface area (Å²) in [4.78, 5) is 24.1. The number of rotatable bonds is 8. The summed E-state index contributed by atoms with van der Waals surface area (Å²) < 4.78 is 5.90. The number of nitrogens with zero attached hydrogens (tertiary/aromatic N) is 3. The van der Waals surface area contributed by atoms with Crippen LogP contribution in [-0.2, 0) is 6.61 Å². The van der Waals surface area contributed by atoms with Gasteiger partial charge >= 0.3 is 0 Å². The number of ether oxygens (including phenoxy) is 1. The Balaban J connectivity index is 1.80. The maximum Gasteiger partial charge on any atom is 0.296 e. The van der Waals surface area contributed by atoms with Crippen LogP contribution in [0.15, 0.2) is 107 Å². The average molecular weight is 453 g/mol. The molecule has 1 N–H and O–H groups in total. The minimum absolute atomic E-state index is 0.0210. The van der Waals surface area contributed by atoms with Crippen LogP contribution in [0.4, 0.5) is 17.1 Å². The molecule has 0 fully saturated rings. The zero-order chi connectivity index (χ0) is 23.9. The Morgan fingerprint density at radius 1 is 0.882 bits per heavy atom. The number of hydrogen-bond acceptors (Lipinski definition) is 7. The summed E-state index contributed by atoms with van der Waals surface area (Å²) in [7, 11) is 0. The van der Waals surface area contributed by atoms with Gasteiger partial charge in [0.05, 0.1) is 10.5 Å². The quantitative estimate of drug-likeness (QED) is 0.141. The van der Waals surface area contributed by atoms with Crippen molar-refractivity contribution in [3.63, 3.8) is 0 Å². The number of nitro benzene ring substituents is 1. The molecule has 34 heavy (non-hydrogen) atoms. The molecule has 8 heteroatoms. The second-order valence-corrected chi connectivity index (χ2v) is 7.26. The van der Waals surface area contributed by atoms with Gasteiger partial charge in [0.1, 0.15) is 18.0 Å². The van der Waals surface area contributed by atoms with Crippen LogP contribution in [0.25, 0.3) is 0 Å². The largest absolute Gasteiger partial charge is 0.508 e. The van der Waals surface area contributed by atoms with E-state index in [1.807, 2.05) is 30.3 Å². The van der Waals surface area contributed by atoms with E-state index in [0.29, 0.717) is 5.56 Å². The number of phenolic OH excluding ortho intramolecular Hbond substituents is 1. The number of carbonyl (C=O) groups is 1. The molecule has 0 aliphatic rings. The third-order valence-corrected chi connectivity index (χ3v) is 4.91. The highest BCUT2D eigenvalue weighted by molar-refractivity contribution is 6.12. The van der Waals surface area contributed by atoms with Crippen molar-refractivity contribution >= 4 is 22.8 Å². The Labute approximate surface area is 195 Å². The molecule has 0 heterocycles. The van der Waals surface area contributed by atoms with E-state index in [1.54, 1.807) is 36.4 Å². The summed E-state index contributed by atoms with van der Waals surface area (Å²) in [6.07, 6.45) is 0.